The number of hydrogen-bond donors (Lipinski definition) is 0. The van der Waals surface area contributed by atoms with Crippen molar-refractivity contribution in [3.05, 3.63) is 42.2 Å². The Kier molecular flexibility index (Phi) is 2.80. The quantitative estimate of drug-likeness (QED) is 0.810. The maximum atomic E-state index is 4.94. The van der Waals surface area contributed by atoms with Crippen LogP contribution in [0, 0.1) is 12.8 Å². The van der Waals surface area contributed by atoms with E-state index in [9.17, 15) is 0 Å². The average Bonchev–Trinajstić information content (AvgIpc) is 2.98. The first-order chi connectivity index (χ1) is 11.2. The van der Waals surface area contributed by atoms with Crippen molar-refractivity contribution in [3.63, 3.8) is 0 Å². The third-order valence-electron chi connectivity index (χ3n) is 5.98. The van der Waals surface area contributed by atoms with Crippen molar-refractivity contribution >= 4 is 16.9 Å². The van der Waals surface area contributed by atoms with Crippen molar-refractivity contribution in [2.24, 2.45) is 5.92 Å². The molecule has 4 aliphatic heterocycles. The molecule has 3 saturated heterocycles. The van der Waals surface area contributed by atoms with E-state index in [1.54, 1.807) is 0 Å². The fraction of sp³-hybridized carbons (Fsp3) is 0.474. The molecule has 3 fully saturated rings. The fourth-order valence-corrected chi connectivity index (χ4v) is 4.79. The van der Waals surface area contributed by atoms with Gasteiger partial charge in [-0.25, -0.2) is 4.98 Å². The van der Waals surface area contributed by atoms with Crippen molar-refractivity contribution in [1.29, 1.82) is 0 Å². The molecule has 4 heteroatoms. The number of hydrogen-bond acceptors (Lipinski definition) is 4. The van der Waals surface area contributed by atoms with Gasteiger partial charge < -0.3 is 9.80 Å². The molecular formula is C19H22N4. The van der Waals surface area contributed by atoms with Crippen LogP contribution in [-0.2, 0) is 0 Å². The zero-order valence-corrected chi connectivity index (χ0v) is 13.6. The Bertz CT molecular complexity index is 791. The highest BCUT2D eigenvalue weighted by molar-refractivity contribution is 5.76. The molecule has 1 aromatic heterocycles. The van der Waals surface area contributed by atoms with Gasteiger partial charge in [-0.05, 0) is 62.9 Å². The Morgan fingerprint density at radius 1 is 1.17 bits per heavy atom. The van der Waals surface area contributed by atoms with E-state index < -0.39 is 0 Å². The van der Waals surface area contributed by atoms with Crippen LogP contribution in [-0.4, -0.2) is 40.0 Å². The number of benzene rings is 1. The molecule has 4 nitrogen and oxygen atoms in total. The van der Waals surface area contributed by atoms with Gasteiger partial charge in [0.25, 0.3) is 0 Å². The molecular weight excluding hydrogens is 284 g/mol. The molecule has 4 aliphatic rings. The zero-order valence-electron chi connectivity index (χ0n) is 13.6. The summed E-state index contributed by atoms with van der Waals surface area (Å²) in [4.78, 5) is 14.7. The van der Waals surface area contributed by atoms with Gasteiger partial charge in [0.2, 0.25) is 0 Å². The van der Waals surface area contributed by atoms with Crippen LogP contribution in [0.25, 0.3) is 11.0 Å². The lowest BCUT2D eigenvalue weighted by Crippen LogP contribution is -2.64. The van der Waals surface area contributed by atoms with Crippen molar-refractivity contribution in [1.82, 2.24) is 14.9 Å². The standard InChI is InChI=1S/C19H22N4/c1-14-3-4-16-17(11-14)21-18(12-20-16)23-8-2-7-19(23)13-22-9-5-15(19)6-10-22/h2-4,8,11-12,15H,5-7,9-10,13H2,1H3/t19-/m0/s1. The van der Waals surface area contributed by atoms with Gasteiger partial charge in [-0.15, -0.1) is 0 Å². The highest BCUT2D eigenvalue weighted by atomic mass is 15.3. The Hall–Kier alpha value is -1.94. The van der Waals surface area contributed by atoms with Crippen LogP contribution < -0.4 is 4.90 Å². The predicted molar refractivity (Wildman–Crippen MR) is 92.4 cm³/mol. The molecule has 1 atom stereocenters. The van der Waals surface area contributed by atoms with E-state index in [4.69, 9.17) is 4.98 Å². The average molecular weight is 306 g/mol. The van der Waals surface area contributed by atoms with Gasteiger partial charge in [0.05, 0.1) is 22.8 Å². The first kappa shape index (κ1) is 13.5. The van der Waals surface area contributed by atoms with Gasteiger partial charge in [0.15, 0.2) is 5.82 Å². The summed E-state index contributed by atoms with van der Waals surface area (Å²) in [6, 6.07) is 6.29. The van der Waals surface area contributed by atoms with Gasteiger partial charge in [-0.3, -0.25) is 4.98 Å². The van der Waals surface area contributed by atoms with E-state index in [-0.39, 0.29) is 5.54 Å². The van der Waals surface area contributed by atoms with E-state index >= 15 is 0 Å². The summed E-state index contributed by atoms with van der Waals surface area (Å²) in [6.07, 6.45) is 10.3. The third-order valence-corrected chi connectivity index (χ3v) is 5.98. The molecule has 118 valence electrons. The van der Waals surface area contributed by atoms with Crippen LogP contribution in [0.2, 0.25) is 0 Å². The number of rotatable bonds is 1. The molecule has 0 aliphatic carbocycles. The lowest BCUT2D eigenvalue weighted by atomic mass is 9.71. The lowest BCUT2D eigenvalue weighted by Gasteiger charge is -2.55. The largest absolute Gasteiger partial charge is 0.324 e. The summed E-state index contributed by atoms with van der Waals surface area (Å²) in [5.41, 5.74) is 3.42. The predicted octanol–water partition coefficient (Wildman–Crippen LogP) is 3.13. The summed E-state index contributed by atoms with van der Waals surface area (Å²) >= 11 is 0. The fourth-order valence-electron chi connectivity index (χ4n) is 4.79. The minimum absolute atomic E-state index is 0.211. The van der Waals surface area contributed by atoms with Gasteiger partial charge in [-0.1, -0.05) is 12.1 Å². The first-order valence-electron chi connectivity index (χ1n) is 8.66. The molecule has 1 aromatic carbocycles. The number of aryl methyl sites for hydroxylation is 1. The third kappa shape index (κ3) is 1.94. The topological polar surface area (TPSA) is 32.3 Å². The molecule has 0 radical (unpaired) electrons. The second-order valence-electron chi connectivity index (χ2n) is 7.33. The van der Waals surface area contributed by atoms with E-state index in [0.29, 0.717) is 0 Å². The molecule has 6 rings (SSSR count). The van der Waals surface area contributed by atoms with Crippen LogP contribution in [0.15, 0.2) is 36.7 Å². The molecule has 0 amide bonds. The van der Waals surface area contributed by atoms with Gasteiger partial charge in [-0.2, -0.15) is 0 Å². The monoisotopic (exact) mass is 306 g/mol. The van der Waals surface area contributed by atoms with E-state index in [2.05, 4.69) is 52.2 Å². The van der Waals surface area contributed by atoms with Crippen LogP contribution >= 0.6 is 0 Å². The van der Waals surface area contributed by atoms with E-state index in [0.717, 1.165) is 35.7 Å². The molecule has 2 aromatic rings. The molecule has 1 spiro atoms. The second-order valence-corrected chi connectivity index (χ2v) is 7.33. The maximum Gasteiger partial charge on any atom is 0.152 e. The van der Waals surface area contributed by atoms with Gasteiger partial charge in [0.1, 0.15) is 0 Å². The van der Waals surface area contributed by atoms with Gasteiger partial charge in [0, 0.05) is 12.7 Å². The highest BCUT2D eigenvalue weighted by Crippen LogP contribution is 2.46. The normalized spacial score (nSPS) is 32.3. The van der Waals surface area contributed by atoms with Crippen LogP contribution in [0.5, 0.6) is 0 Å². The molecule has 0 saturated carbocycles. The van der Waals surface area contributed by atoms with Crippen molar-refractivity contribution in [3.8, 4) is 0 Å². The number of nitrogens with zero attached hydrogens (tertiary/aromatic N) is 4. The van der Waals surface area contributed by atoms with E-state index in [1.807, 2.05) is 6.20 Å². The molecule has 2 bridgehead atoms. The van der Waals surface area contributed by atoms with Crippen LogP contribution in [0.3, 0.4) is 0 Å². The zero-order chi connectivity index (χ0) is 15.4. The summed E-state index contributed by atoms with van der Waals surface area (Å²) < 4.78 is 0. The summed E-state index contributed by atoms with van der Waals surface area (Å²) in [7, 11) is 0. The SMILES string of the molecule is Cc1ccc2ncc(N3C=CC[C@@]34CN3CCC4CC3)nc2c1. The minimum Gasteiger partial charge on any atom is -0.324 e. The van der Waals surface area contributed by atoms with Crippen molar-refractivity contribution in [2.45, 2.75) is 31.7 Å². The number of anilines is 1. The first-order valence-corrected chi connectivity index (χ1v) is 8.66. The minimum atomic E-state index is 0.211. The molecule has 0 unspecified atom stereocenters. The highest BCUT2D eigenvalue weighted by Gasteiger charge is 2.51. The smallest absolute Gasteiger partial charge is 0.152 e. The lowest BCUT2D eigenvalue weighted by molar-refractivity contribution is 0.0332. The summed E-state index contributed by atoms with van der Waals surface area (Å²) in [5.74, 6) is 1.78. The van der Waals surface area contributed by atoms with Gasteiger partial charge >= 0.3 is 0 Å². The summed E-state index contributed by atoms with van der Waals surface area (Å²) in [5, 5.41) is 0. The Morgan fingerprint density at radius 3 is 2.83 bits per heavy atom. The van der Waals surface area contributed by atoms with Crippen LogP contribution in [0.1, 0.15) is 24.8 Å². The molecule has 5 heterocycles. The Morgan fingerprint density at radius 2 is 2.04 bits per heavy atom. The van der Waals surface area contributed by atoms with E-state index in [1.165, 1.54) is 31.5 Å². The number of aromatic nitrogens is 2. The number of fused-ring (bicyclic) bond motifs is 3. The maximum absolute atomic E-state index is 4.94. The Balaban J connectivity index is 1.59. The molecule has 23 heavy (non-hydrogen) atoms. The Labute approximate surface area is 136 Å². The van der Waals surface area contributed by atoms with Crippen LogP contribution in [0.4, 0.5) is 5.82 Å². The van der Waals surface area contributed by atoms with Crippen molar-refractivity contribution < 1.29 is 0 Å². The summed E-state index contributed by atoms with van der Waals surface area (Å²) in [6.45, 7) is 5.81. The van der Waals surface area contributed by atoms with Crippen molar-refractivity contribution in [2.75, 3.05) is 24.5 Å². The molecule has 0 N–H and O–H groups in total. The second kappa shape index (κ2) is 4.78. The number of piperidine rings is 3.